The molecule has 2 heteroatoms. The van der Waals surface area contributed by atoms with E-state index in [0.717, 1.165) is 5.57 Å². The molecule has 1 aliphatic carbocycles. The van der Waals surface area contributed by atoms with Crippen molar-refractivity contribution in [3.63, 3.8) is 0 Å². The molecule has 0 saturated heterocycles. The molecule has 9 heavy (non-hydrogen) atoms. The van der Waals surface area contributed by atoms with Gasteiger partial charge in [0.1, 0.15) is 0 Å². The Balaban J connectivity index is 2.73. The lowest BCUT2D eigenvalue weighted by molar-refractivity contribution is -0.131. The predicted octanol–water partition coefficient (Wildman–Crippen LogP) is 1.12. The van der Waals surface area contributed by atoms with Gasteiger partial charge >= 0.3 is 5.97 Å². The predicted molar refractivity (Wildman–Crippen MR) is 34.0 cm³/mol. The smallest absolute Gasteiger partial charge is 0.328 e. The Hall–Kier alpha value is -1.31. The fraction of sp³-hybridized carbons (Fsp3) is 0. The lowest BCUT2D eigenvalue weighted by Gasteiger charge is -1.82. The summed E-state index contributed by atoms with van der Waals surface area (Å²) in [6.07, 6.45) is 8.26. The first-order valence-corrected chi connectivity index (χ1v) is 2.58. The van der Waals surface area contributed by atoms with Crippen LogP contribution in [0.2, 0.25) is 0 Å². The standard InChI is InChI=1S/C7H6O2/c8-7(9)5-6-3-1-2-4-6/h1-5H,(H,8,9). The number of rotatable bonds is 1. The monoisotopic (exact) mass is 122 g/mol. The van der Waals surface area contributed by atoms with Gasteiger partial charge in [-0.25, -0.2) is 4.79 Å². The molecular formula is C7H6O2. The van der Waals surface area contributed by atoms with Crippen LogP contribution in [-0.2, 0) is 4.79 Å². The molecule has 2 nitrogen and oxygen atoms in total. The zero-order chi connectivity index (χ0) is 6.69. The van der Waals surface area contributed by atoms with Crippen LogP contribution in [0.25, 0.3) is 0 Å². The lowest BCUT2D eigenvalue weighted by atomic mass is 10.3. The lowest BCUT2D eigenvalue weighted by Crippen LogP contribution is -1.87. The topological polar surface area (TPSA) is 37.3 Å². The Morgan fingerprint density at radius 1 is 1.44 bits per heavy atom. The number of carbonyl (C=O) groups is 1. The quantitative estimate of drug-likeness (QED) is 0.529. The largest absolute Gasteiger partial charge is 0.478 e. The minimum atomic E-state index is -0.902. The van der Waals surface area contributed by atoms with Crippen molar-refractivity contribution in [2.75, 3.05) is 0 Å². The van der Waals surface area contributed by atoms with E-state index in [-0.39, 0.29) is 0 Å². The third-order valence-electron chi connectivity index (χ3n) is 0.979. The van der Waals surface area contributed by atoms with Crippen molar-refractivity contribution in [1.29, 1.82) is 0 Å². The number of carboxylic acids is 1. The number of aliphatic carboxylic acids is 1. The molecule has 0 aliphatic heterocycles. The molecular weight excluding hydrogens is 116 g/mol. The van der Waals surface area contributed by atoms with E-state index in [2.05, 4.69) is 0 Å². The van der Waals surface area contributed by atoms with Gasteiger partial charge in [0.25, 0.3) is 0 Å². The Labute approximate surface area is 52.8 Å². The fourth-order valence-corrected chi connectivity index (χ4v) is 0.628. The molecule has 1 rings (SSSR count). The Morgan fingerprint density at radius 3 is 2.44 bits per heavy atom. The minimum absolute atomic E-state index is 0.738. The van der Waals surface area contributed by atoms with Gasteiger partial charge in [-0.05, 0) is 5.57 Å². The number of hydrogen-bond donors (Lipinski definition) is 1. The molecule has 0 spiro atoms. The van der Waals surface area contributed by atoms with E-state index in [1.165, 1.54) is 6.08 Å². The first kappa shape index (κ1) is 5.82. The van der Waals surface area contributed by atoms with Crippen LogP contribution in [0.3, 0.4) is 0 Å². The summed E-state index contributed by atoms with van der Waals surface area (Å²) in [5.41, 5.74) is 0.738. The summed E-state index contributed by atoms with van der Waals surface area (Å²) in [4.78, 5) is 10.0. The van der Waals surface area contributed by atoms with Gasteiger partial charge in [-0.2, -0.15) is 0 Å². The molecule has 0 unspecified atom stereocenters. The molecule has 46 valence electrons. The van der Waals surface area contributed by atoms with Gasteiger partial charge in [0.2, 0.25) is 0 Å². The van der Waals surface area contributed by atoms with Crippen molar-refractivity contribution in [3.05, 3.63) is 36.0 Å². The molecule has 0 saturated carbocycles. The van der Waals surface area contributed by atoms with E-state index in [0.29, 0.717) is 0 Å². The normalized spacial score (nSPS) is 14.4. The van der Waals surface area contributed by atoms with E-state index in [1.54, 1.807) is 24.3 Å². The van der Waals surface area contributed by atoms with Gasteiger partial charge in [-0.15, -0.1) is 0 Å². The number of allylic oxidation sites excluding steroid dienone is 5. The molecule has 0 amide bonds. The zero-order valence-electron chi connectivity index (χ0n) is 4.74. The summed E-state index contributed by atoms with van der Waals surface area (Å²) >= 11 is 0. The van der Waals surface area contributed by atoms with Crippen molar-refractivity contribution in [2.45, 2.75) is 0 Å². The van der Waals surface area contributed by atoms with Crippen LogP contribution in [0.1, 0.15) is 0 Å². The summed E-state index contributed by atoms with van der Waals surface area (Å²) in [5.74, 6) is -0.902. The summed E-state index contributed by atoms with van der Waals surface area (Å²) in [6.45, 7) is 0. The SMILES string of the molecule is O=C(O)C=C1C=CC=C1. The van der Waals surface area contributed by atoms with Gasteiger partial charge in [0.15, 0.2) is 0 Å². The van der Waals surface area contributed by atoms with Crippen molar-refractivity contribution in [2.24, 2.45) is 0 Å². The van der Waals surface area contributed by atoms with Crippen LogP contribution in [0.5, 0.6) is 0 Å². The van der Waals surface area contributed by atoms with E-state index in [1.807, 2.05) is 0 Å². The molecule has 0 heterocycles. The molecule has 0 atom stereocenters. The molecule has 1 aliphatic rings. The fourth-order valence-electron chi connectivity index (χ4n) is 0.628. The average molecular weight is 122 g/mol. The first-order chi connectivity index (χ1) is 4.29. The Kier molecular flexibility index (Phi) is 1.49. The van der Waals surface area contributed by atoms with Gasteiger partial charge < -0.3 is 5.11 Å². The maximum Gasteiger partial charge on any atom is 0.328 e. The van der Waals surface area contributed by atoms with Gasteiger partial charge in [0.05, 0.1) is 0 Å². The van der Waals surface area contributed by atoms with Crippen LogP contribution in [-0.4, -0.2) is 11.1 Å². The zero-order valence-corrected chi connectivity index (χ0v) is 4.74. The highest BCUT2D eigenvalue weighted by Gasteiger charge is 1.93. The molecule has 0 bridgehead atoms. The van der Waals surface area contributed by atoms with E-state index < -0.39 is 5.97 Å². The van der Waals surface area contributed by atoms with Crippen molar-refractivity contribution in [3.8, 4) is 0 Å². The van der Waals surface area contributed by atoms with E-state index >= 15 is 0 Å². The second kappa shape index (κ2) is 2.31. The summed E-state index contributed by atoms with van der Waals surface area (Å²) in [6, 6.07) is 0. The van der Waals surface area contributed by atoms with Crippen LogP contribution in [0.4, 0.5) is 0 Å². The van der Waals surface area contributed by atoms with Crippen LogP contribution in [0, 0.1) is 0 Å². The molecule has 0 fully saturated rings. The second-order valence-electron chi connectivity index (χ2n) is 1.70. The first-order valence-electron chi connectivity index (χ1n) is 2.58. The molecule has 1 N–H and O–H groups in total. The summed E-state index contributed by atoms with van der Waals surface area (Å²) in [7, 11) is 0. The Morgan fingerprint density at radius 2 is 2.00 bits per heavy atom. The third kappa shape index (κ3) is 1.57. The minimum Gasteiger partial charge on any atom is -0.478 e. The summed E-state index contributed by atoms with van der Waals surface area (Å²) < 4.78 is 0. The van der Waals surface area contributed by atoms with Crippen molar-refractivity contribution >= 4 is 5.97 Å². The number of carboxylic acid groups (broad SMARTS) is 1. The molecule has 0 aromatic carbocycles. The van der Waals surface area contributed by atoms with Crippen molar-refractivity contribution in [1.82, 2.24) is 0 Å². The third-order valence-corrected chi connectivity index (χ3v) is 0.979. The molecule has 0 radical (unpaired) electrons. The van der Waals surface area contributed by atoms with E-state index in [9.17, 15) is 4.79 Å². The maximum atomic E-state index is 10.0. The second-order valence-corrected chi connectivity index (χ2v) is 1.70. The highest BCUT2D eigenvalue weighted by Crippen LogP contribution is 2.05. The van der Waals surface area contributed by atoms with Crippen LogP contribution < -0.4 is 0 Å². The highest BCUT2D eigenvalue weighted by molar-refractivity contribution is 5.82. The van der Waals surface area contributed by atoms with Crippen LogP contribution >= 0.6 is 0 Å². The average Bonchev–Trinajstić information content (AvgIpc) is 2.15. The maximum absolute atomic E-state index is 10.0. The highest BCUT2D eigenvalue weighted by atomic mass is 16.4. The van der Waals surface area contributed by atoms with Gasteiger partial charge in [-0.3, -0.25) is 0 Å². The van der Waals surface area contributed by atoms with Crippen molar-refractivity contribution < 1.29 is 9.90 Å². The number of hydrogen-bond acceptors (Lipinski definition) is 1. The summed E-state index contributed by atoms with van der Waals surface area (Å²) in [5, 5.41) is 8.23. The molecule has 0 aromatic heterocycles. The molecule has 0 aromatic rings. The van der Waals surface area contributed by atoms with Gasteiger partial charge in [-0.1, -0.05) is 24.3 Å². The van der Waals surface area contributed by atoms with E-state index in [4.69, 9.17) is 5.11 Å². The Bertz CT molecular complexity index is 195. The van der Waals surface area contributed by atoms with Crippen LogP contribution in [0.15, 0.2) is 36.0 Å². The van der Waals surface area contributed by atoms with Gasteiger partial charge in [0, 0.05) is 6.08 Å².